The van der Waals surface area contributed by atoms with Crippen molar-refractivity contribution in [2.75, 3.05) is 5.75 Å². The molecule has 4 nitrogen and oxygen atoms in total. The van der Waals surface area contributed by atoms with E-state index in [-0.39, 0.29) is 23.9 Å². The molecule has 2 aromatic rings. The van der Waals surface area contributed by atoms with Gasteiger partial charge in [0.25, 0.3) is 0 Å². The van der Waals surface area contributed by atoms with Crippen LogP contribution in [0.25, 0.3) is 0 Å². The Morgan fingerprint density at radius 1 is 1.10 bits per heavy atom. The van der Waals surface area contributed by atoms with Crippen LogP contribution in [-0.4, -0.2) is 29.4 Å². The third-order valence-electron chi connectivity index (χ3n) is 5.66. The molecular weight excluding hydrogens is 396 g/mol. The van der Waals surface area contributed by atoms with Gasteiger partial charge >= 0.3 is 5.97 Å². The predicted octanol–water partition coefficient (Wildman–Crippen LogP) is 5.21. The number of rotatable bonds is 6. The first-order valence-electron chi connectivity index (χ1n) is 10.2. The third-order valence-corrected chi connectivity index (χ3v) is 6.96. The molecule has 3 unspecified atom stereocenters. The van der Waals surface area contributed by atoms with Gasteiger partial charge in [-0.3, -0.25) is 14.4 Å². The molecule has 158 valence electrons. The molecule has 1 aliphatic rings. The Kier molecular flexibility index (Phi) is 6.81. The smallest absolute Gasteiger partial charge is 0.321 e. The van der Waals surface area contributed by atoms with Crippen LogP contribution in [0, 0.1) is 26.7 Å². The zero-order chi connectivity index (χ0) is 22.0. The van der Waals surface area contributed by atoms with Crippen LogP contribution >= 0.6 is 11.8 Å². The molecular formula is C25H28O4S. The van der Waals surface area contributed by atoms with E-state index in [2.05, 4.69) is 0 Å². The van der Waals surface area contributed by atoms with Crippen LogP contribution in [-0.2, 0) is 14.3 Å². The summed E-state index contributed by atoms with van der Waals surface area (Å²) in [4.78, 5) is 38.2. The first kappa shape index (κ1) is 22.3. The molecule has 0 aromatic heterocycles. The summed E-state index contributed by atoms with van der Waals surface area (Å²) in [7, 11) is 0. The number of ether oxygens (including phenoxy) is 1. The molecule has 3 atom stereocenters. The van der Waals surface area contributed by atoms with Gasteiger partial charge in [-0.15, -0.1) is 11.8 Å². The van der Waals surface area contributed by atoms with Gasteiger partial charge in [-0.05, 0) is 56.5 Å². The van der Waals surface area contributed by atoms with Crippen molar-refractivity contribution in [1.82, 2.24) is 0 Å². The van der Waals surface area contributed by atoms with E-state index in [4.69, 9.17) is 4.74 Å². The second-order valence-corrected chi connectivity index (χ2v) is 9.35. The first-order valence-corrected chi connectivity index (χ1v) is 11.2. The molecule has 1 heterocycles. The van der Waals surface area contributed by atoms with Crippen molar-refractivity contribution in [3.8, 4) is 0 Å². The minimum Gasteiger partial charge on any atom is -0.461 e. The maximum absolute atomic E-state index is 12.9. The molecule has 0 spiro atoms. The Labute approximate surface area is 182 Å². The zero-order valence-electron chi connectivity index (χ0n) is 18.2. The number of benzene rings is 2. The van der Waals surface area contributed by atoms with Gasteiger partial charge in [-0.1, -0.05) is 36.8 Å². The minimum atomic E-state index is -0.819. The van der Waals surface area contributed by atoms with E-state index in [1.54, 1.807) is 18.7 Å². The van der Waals surface area contributed by atoms with Crippen molar-refractivity contribution in [3.05, 3.63) is 64.2 Å². The highest BCUT2D eigenvalue weighted by molar-refractivity contribution is 7.99. The van der Waals surface area contributed by atoms with Gasteiger partial charge < -0.3 is 4.74 Å². The highest BCUT2D eigenvalue weighted by atomic mass is 32.2. The molecule has 0 N–H and O–H groups in total. The Bertz CT molecular complexity index is 936. The second kappa shape index (κ2) is 9.17. The number of hydrogen-bond donors (Lipinski definition) is 0. The fraction of sp³-hybridized carbons (Fsp3) is 0.400. The van der Waals surface area contributed by atoms with Crippen LogP contribution in [0.2, 0.25) is 0 Å². The van der Waals surface area contributed by atoms with Crippen LogP contribution in [0.3, 0.4) is 0 Å². The van der Waals surface area contributed by atoms with Crippen LogP contribution in [0.4, 0.5) is 0 Å². The fourth-order valence-electron chi connectivity index (χ4n) is 4.07. The number of carbonyl (C=O) groups excluding carboxylic acids is 3. The highest BCUT2D eigenvalue weighted by Crippen LogP contribution is 2.35. The molecule has 0 aliphatic carbocycles. The highest BCUT2D eigenvalue weighted by Gasteiger charge is 2.41. The summed E-state index contributed by atoms with van der Waals surface area (Å²) >= 11 is 1.63. The minimum absolute atomic E-state index is 0.0385. The van der Waals surface area contributed by atoms with Crippen LogP contribution in [0.1, 0.15) is 58.8 Å². The lowest BCUT2D eigenvalue weighted by Crippen LogP contribution is -2.41. The Morgan fingerprint density at radius 3 is 2.23 bits per heavy atom. The molecule has 30 heavy (non-hydrogen) atoms. The van der Waals surface area contributed by atoms with Crippen molar-refractivity contribution < 1.29 is 19.1 Å². The van der Waals surface area contributed by atoms with Gasteiger partial charge in [0.1, 0.15) is 12.0 Å². The van der Waals surface area contributed by atoms with E-state index in [0.717, 1.165) is 32.9 Å². The number of thioether (sulfide) groups is 1. The average Bonchev–Trinajstić information content (AvgIpc) is 2.67. The van der Waals surface area contributed by atoms with Gasteiger partial charge in [-0.2, -0.15) is 0 Å². The zero-order valence-corrected chi connectivity index (χ0v) is 19.0. The molecule has 2 aromatic carbocycles. The Balaban J connectivity index is 1.65. The van der Waals surface area contributed by atoms with E-state index in [9.17, 15) is 14.4 Å². The number of aryl methyl sites for hydroxylation is 3. The predicted molar refractivity (Wildman–Crippen MR) is 119 cm³/mol. The topological polar surface area (TPSA) is 60.4 Å². The van der Waals surface area contributed by atoms with Crippen molar-refractivity contribution in [2.24, 2.45) is 5.92 Å². The summed E-state index contributed by atoms with van der Waals surface area (Å²) in [6, 6.07) is 11.5. The van der Waals surface area contributed by atoms with Crippen molar-refractivity contribution in [1.29, 1.82) is 0 Å². The maximum Gasteiger partial charge on any atom is 0.321 e. The summed E-state index contributed by atoms with van der Waals surface area (Å²) in [5, 5.41) is 0. The normalized spacial score (nSPS) is 20.0. The molecule has 3 rings (SSSR count). The summed E-state index contributed by atoms with van der Waals surface area (Å²) in [6.07, 6.45) is -0.162. The number of esters is 1. The van der Waals surface area contributed by atoms with Gasteiger partial charge in [0.05, 0.1) is 0 Å². The summed E-state index contributed by atoms with van der Waals surface area (Å²) in [5.74, 6) is -0.515. The van der Waals surface area contributed by atoms with E-state index >= 15 is 0 Å². The third kappa shape index (κ3) is 4.84. The van der Waals surface area contributed by atoms with E-state index in [1.807, 2.05) is 64.1 Å². The lowest BCUT2D eigenvalue weighted by molar-refractivity contribution is -0.162. The van der Waals surface area contributed by atoms with Crippen molar-refractivity contribution in [3.63, 3.8) is 0 Å². The molecule has 1 fully saturated rings. The SMILES string of the molecule is CC(=O)c1ccc(SCC(C)C2CC(=O)C(c3c(C)cc(C)cc3C)C(=O)O2)cc1. The van der Waals surface area contributed by atoms with E-state index in [1.165, 1.54) is 0 Å². The molecule has 0 bridgehead atoms. The number of ketones is 2. The fourth-order valence-corrected chi connectivity index (χ4v) is 5.07. The largest absolute Gasteiger partial charge is 0.461 e. The average molecular weight is 425 g/mol. The van der Waals surface area contributed by atoms with Crippen LogP contribution in [0.15, 0.2) is 41.3 Å². The van der Waals surface area contributed by atoms with E-state index in [0.29, 0.717) is 5.56 Å². The van der Waals surface area contributed by atoms with Gasteiger partial charge in [0.15, 0.2) is 11.6 Å². The number of carbonyl (C=O) groups is 3. The second-order valence-electron chi connectivity index (χ2n) is 8.26. The van der Waals surface area contributed by atoms with Gasteiger partial charge in [-0.25, -0.2) is 0 Å². The monoisotopic (exact) mass is 424 g/mol. The van der Waals surface area contributed by atoms with Crippen LogP contribution < -0.4 is 0 Å². The maximum atomic E-state index is 12.9. The molecule has 1 saturated heterocycles. The molecule has 0 amide bonds. The van der Waals surface area contributed by atoms with Crippen LogP contribution in [0.5, 0.6) is 0 Å². The Morgan fingerprint density at radius 2 is 1.70 bits per heavy atom. The lowest BCUT2D eigenvalue weighted by Gasteiger charge is -2.32. The summed E-state index contributed by atoms with van der Waals surface area (Å²) < 4.78 is 5.75. The Hall–Kier alpha value is -2.40. The first-order chi connectivity index (χ1) is 14.2. The number of hydrogen-bond acceptors (Lipinski definition) is 5. The van der Waals surface area contributed by atoms with E-state index < -0.39 is 18.0 Å². The molecule has 0 radical (unpaired) electrons. The van der Waals surface area contributed by atoms with Gasteiger partial charge in [0, 0.05) is 28.6 Å². The standard InChI is InChI=1S/C25H28O4S/c1-14-10-15(2)23(16(3)11-14)24-21(27)12-22(29-25(24)28)17(4)13-30-20-8-6-19(7-9-20)18(5)26/h6-11,17,22,24H,12-13H2,1-5H3. The quantitative estimate of drug-likeness (QED) is 0.276. The lowest BCUT2D eigenvalue weighted by atomic mass is 9.82. The molecule has 1 aliphatic heterocycles. The van der Waals surface area contributed by atoms with Crippen molar-refractivity contribution >= 4 is 29.3 Å². The van der Waals surface area contributed by atoms with Crippen molar-refractivity contribution in [2.45, 2.75) is 58.0 Å². The summed E-state index contributed by atoms with van der Waals surface area (Å²) in [5.41, 5.74) is 4.51. The molecule has 0 saturated carbocycles. The number of cyclic esters (lactones) is 1. The summed E-state index contributed by atoms with van der Waals surface area (Å²) in [6.45, 7) is 9.45. The van der Waals surface area contributed by atoms with Gasteiger partial charge in [0.2, 0.25) is 0 Å². The number of Topliss-reactive ketones (excluding diaryl/α,β-unsaturated/α-hetero) is 2. The molecule has 5 heteroatoms.